The van der Waals surface area contributed by atoms with Crippen molar-refractivity contribution in [2.24, 2.45) is 0 Å². The van der Waals surface area contributed by atoms with Crippen LogP contribution in [0.5, 0.6) is 5.75 Å². The fraction of sp³-hybridized carbons (Fsp3) is 0.364. The topological polar surface area (TPSA) is 29.5 Å². The Labute approximate surface area is 84.3 Å². The molecule has 0 aliphatic carbocycles. The summed E-state index contributed by atoms with van der Waals surface area (Å²) < 4.78 is 5.15. The van der Waals surface area contributed by atoms with Crippen LogP contribution in [-0.4, -0.2) is 27.0 Å². The molecule has 0 amide bonds. The molecule has 76 valence electrons. The Balaban J connectivity index is 3.18. The lowest BCUT2D eigenvalue weighted by atomic mass is 10.1. The average molecular weight is 193 g/mol. The van der Waals surface area contributed by atoms with Gasteiger partial charge in [0.25, 0.3) is 0 Å². The summed E-state index contributed by atoms with van der Waals surface area (Å²) >= 11 is 0. The van der Waals surface area contributed by atoms with Crippen molar-refractivity contribution in [2.45, 2.75) is 6.92 Å². The molecule has 1 rings (SSSR count). The van der Waals surface area contributed by atoms with Gasteiger partial charge in [-0.05, 0) is 19.1 Å². The van der Waals surface area contributed by atoms with Crippen LogP contribution in [0.4, 0.5) is 5.69 Å². The molecule has 0 N–H and O–H groups in total. The minimum absolute atomic E-state index is 0.0205. The lowest BCUT2D eigenvalue weighted by Crippen LogP contribution is -2.09. The number of hydrogen-bond acceptors (Lipinski definition) is 3. The van der Waals surface area contributed by atoms with Crippen LogP contribution >= 0.6 is 0 Å². The summed E-state index contributed by atoms with van der Waals surface area (Å²) in [7, 11) is 5.46. The number of hydrogen-bond donors (Lipinski definition) is 0. The van der Waals surface area contributed by atoms with Crippen LogP contribution in [0.15, 0.2) is 18.2 Å². The molecule has 0 aliphatic heterocycles. The largest absolute Gasteiger partial charge is 0.496 e. The van der Waals surface area contributed by atoms with Crippen molar-refractivity contribution in [2.75, 3.05) is 26.1 Å². The Morgan fingerprint density at radius 2 is 2.00 bits per heavy atom. The number of methoxy groups -OCH3 is 1. The van der Waals surface area contributed by atoms with Gasteiger partial charge in [-0.3, -0.25) is 4.79 Å². The first-order valence-corrected chi connectivity index (χ1v) is 4.42. The minimum atomic E-state index is 0.0205. The van der Waals surface area contributed by atoms with E-state index in [2.05, 4.69) is 0 Å². The van der Waals surface area contributed by atoms with Gasteiger partial charge in [-0.15, -0.1) is 0 Å². The van der Waals surface area contributed by atoms with Crippen LogP contribution < -0.4 is 9.64 Å². The highest BCUT2D eigenvalue weighted by molar-refractivity contribution is 5.97. The fourth-order valence-corrected chi connectivity index (χ4v) is 1.25. The van der Waals surface area contributed by atoms with Crippen LogP contribution in [0.3, 0.4) is 0 Å². The second-order valence-corrected chi connectivity index (χ2v) is 3.34. The first kappa shape index (κ1) is 10.6. The highest BCUT2D eigenvalue weighted by Gasteiger charge is 2.08. The lowest BCUT2D eigenvalue weighted by molar-refractivity contribution is 0.101. The smallest absolute Gasteiger partial charge is 0.163 e. The number of carbonyl (C=O) groups is 1. The van der Waals surface area contributed by atoms with Gasteiger partial charge in [0, 0.05) is 25.8 Å². The van der Waals surface area contributed by atoms with Gasteiger partial charge in [0.2, 0.25) is 0 Å². The zero-order chi connectivity index (χ0) is 10.7. The van der Waals surface area contributed by atoms with Gasteiger partial charge < -0.3 is 9.64 Å². The van der Waals surface area contributed by atoms with E-state index >= 15 is 0 Å². The molecule has 0 unspecified atom stereocenters. The number of ether oxygens (including phenoxy) is 1. The molecule has 0 bridgehead atoms. The molecule has 0 heterocycles. The SMILES string of the molecule is COc1cc(N(C)C)ccc1C(C)=O. The Bertz CT molecular complexity index is 345. The van der Waals surface area contributed by atoms with E-state index in [0.717, 1.165) is 5.69 Å². The van der Waals surface area contributed by atoms with Crippen molar-refractivity contribution >= 4 is 11.5 Å². The molecule has 0 aromatic heterocycles. The second-order valence-electron chi connectivity index (χ2n) is 3.34. The van der Waals surface area contributed by atoms with Crippen LogP contribution in [0, 0.1) is 0 Å². The third-order valence-corrected chi connectivity index (χ3v) is 2.08. The molecule has 0 spiro atoms. The second kappa shape index (κ2) is 4.13. The van der Waals surface area contributed by atoms with Crippen molar-refractivity contribution in [3.8, 4) is 5.75 Å². The quantitative estimate of drug-likeness (QED) is 0.687. The first-order valence-electron chi connectivity index (χ1n) is 4.42. The van der Waals surface area contributed by atoms with Gasteiger partial charge in [0.05, 0.1) is 12.7 Å². The fourth-order valence-electron chi connectivity index (χ4n) is 1.25. The molecule has 3 nitrogen and oxygen atoms in total. The van der Waals surface area contributed by atoms with E-state index in [1.54, 1.807) is 13.2 Å². The maximum absolute atomic E-state index is 11.2. The molecular weight excluding hydrogens is 178 g/mol. The van der Waals surface area contributed by atoms with Crippen molar-refractivity contribution in [3.63, 3.8) is 0 Å². The molecule has 0 radical (unpaired) electrons. The standard InChI is InChI=1S/C11H15NO2/c1-8(13)10-6-5-9(12(2)3)7-11(10)14-4/h5-7H,1-4H3. The van der Waals surface area contributed by atoms with E-state index in [1.165, 1.54) is 6.92 Å². The predicted molar refractivity (Wildman–Crippen MR) is 57.3 cm³/mol. The van der Waals surface area contributed by atoms with Gasteiger partial charge in [-0.1, -0.05) is 0 Å². The van der Waals surface area contributed by atoms with Crippen molar-refractivity contribution in [1.82, 2.24) is 0 Å². The van der Waals surface area contributed by atoms with E-state index in [0.29, 0.717) is 11.3 Å². The lowest BCUT2D eigenvalue weighted by Gasteiger charge is -2.14. The maximum Gasteiger partial charge on any atom is 0.163 e. The van der Waals surface area contributed by atoms with E-state index < -0.39 is 0 Å². The van der Waals surface area contributed by atoms with Gasteiger partial charge in [0.15, 0.2) is 5.78 Å². The van der Waals surface area contributed by atoms with E-state index in [1.807, 2.05) is 31.1 Å². The number of benzene rings is 1. The van der Waals surface area contributed by atoms with Gasteiger partial charge in [-0.2, -0.15) is 0 Å². The van der Waals surface area contributed by atoms with Crippen LogP contribution in [0.1, 0.15) is 17.3 Å². The minimum Gasteiger partial charge on any atom is -0.496 e. The normalized spacial score (nSPS) is 9.71. The number of rotatable bonds is 3. The third-order valence-electron chi connectivity index (χ3n) is 2.08. The molecule has 0 saturated heterocycles. The van der Waals surface area contributed by atoms with E-state index in [9.17, 15) is 4.79 Å². The van der Waals surface area contributed by atoms with E-state index in [-0.39, 0.29) is 5.78 Å². The summed E-state index contributed by atoms with van der Waals surface area (Å²) in [5.74, 6) is 0.649. The molecule has 0 saturated carbocycles. The zero-order valence-corrected chi connectivity index (χ0v) is 9.00. The number of nitrogens with zero attached hydrogens (tertiary/aromatic N) is 1. The molecule has 1 aromatic rings. The van der Waals surface area contributed by atoms with Crippen LogP contribution in [0.25, 0.3) is 0 Å². The van der Waals surface area contributed by atoms with Crippen molar-refractivity contribution < 1.29 is 9.53 Å². The van der Waals surface area contributed by atoms with Crippen molar-refractivity contribution in [1.29, 1.82) is 0 Å². The summed E-state index contributed by atoms with van der Waals surface area (Å²) in [4.78, 5) is 13.2. The van der Waals surface area contributed by atoms with Gasteiger partial charge in [0.1, 0.15) is 5.75 Å². The van der Waals surface area contributed by atoms with Gasteiger partial charge >= 0.3 is 0 Å². The van der Waals surface area contributed by atoms with Gasteiger partial charge in [-0.25, -0.2) is 0 Å². The summed E-state index contributed by atoms with van der Waals surface area (Å²) in [5, 5.41) is 0. The summed E-state index contributed by atoms with van der Waals surface area (Å²) in [6.45, 7) is 1.53. The molecule has 3 heteroatoms. The molecule has 0 fully saturated rings. The third kappa shape index (κ3) is 2.05. The highest BCUT2D eigenvalue weighted by atomic mass is 16.5. The van der Waals surface area contributed by atoms with E-state index in [4.69, 9.17) is 4.74 Å². The highest BCUT2D eigenvalue weighted by Crippen LogP contribution is 2.24. The zero-order valence-electron chi connectivity index (χ0n) is 9.00. The Morgan fingerprint density at radius 1 is 1.36 bits per heavy atom. The Hall–Kier alpha value is -1.51. The first-order chi connectivity index (χ1) is 6.56. The maximum atomic E-state index is 11.2. The summed E-state index contributed by atoms with van der Waals surface area (Å²) in [6, 6.07) is 5.55. The monoisotopic (exact) mass is 193 g/mol. The average Bonchev–Trinajstić information content (AvgIpc) is 2.16. The number of Topliss-reactive ketones (excluding diaryl/α,β-unsaturated/α-hetero) is 1. The van der Waals surface area contributed by atoms with Crippen LogP contribution in [-0.2, 0) is 0 Å². The van der Waals surface area contributed by atoms with Crippen molar-refractivity contribution in [3.05, 3.63) is 23.8 Å². The number of anilines is 1. The molecule has 1 aromatic carbocycles. The molecule has 0 aliphatic rings. The molecular formula is C11H15NO2. The Morgan fingerprint density at radius 3 is 2.43 bits per heavy atom. The predicted octanol–water partition coefficient (Wildman–Crippen LogP) is 1.96. The molecule has 14 heavy (non-hydrogen) atoms. The summed E-state index contributed by atoms with van der Waals surface area (Å²) in [5.41, 5.74) is 1.64. The summed E-state index contributed by atoms with van der Waals surface area (Å²) in [6.07, 6.45) is 0. The Kier molecular flexibility index (Phi) is 3.12. The van der Waals surface area contributed by atoms with Crippen LogP contribution in [0.2, 0.25) is 0 Å². The molecule has 0 atom stereocenters. The number of carbonyl (C=O) groups excluding carboxylic acids is 1. The number of ketones is 1.